The molecule has 0 aromatic rings. The number of rotatable bonds is 6. The van der Waals surface area contributed by atoms with Gasteiger partial charge in [-0.1, -0.05) is 42.2 Å². The molecule has 0 radical (unpaired) electrons. The lowest BCUT2D eigenvalue weighted by Crippen LogP contribution is -2.58. The van der Waals surface area contributed by atoms with Crippen LogP contribution in [0.4, 0.5) is 0 Å². The van der Waals surface area contributed by atoms with Crippen LogP contribution in [0.15, 0.2) is 0 Å². The van der Waals surface area contributed by atoms with Gasteiger partial charge in [0.1, 0.15) is 0 Å². The Balaban J connectivity index is 2.64. The molecular weight excluding hydrogens is 395 g/mol. The molecule has 2 N–H and O–H groups in total. The molecule has 0 aliphatic heterocycles. The van der Waals surface area contributed by atoms with Crippen molar-refractivity contribution in [2.75, 3.05) is 6.61 Å². The van der Waals surface area contributed by atoms with Crippen molar-refractivity contribution >= 4 is 48.6 Å². The minimum atomic E-state index is -1.33. The van der Waals surface area contributed by atoms with Crippen LogP contribution in [0.2, 0.25) is 25.7 Å². The molecular formula is C12H19IO6Si. The van der Waals surface area contributed by atoms with E-state index in [0.29, 0.717) is 0 Å². The number of carboxylic acids is 2. The molecule has 114 valence electrons. The summed E-state index contributed by atoms with van der Waals surface area (Å²) in [5, 5.41) is 18.1. The van der Waals surface area contributed by atoms with Gasteiger partial charge in [-0.15, -0.1) is 0 Å². The van der Waals surface area contributed by atoms with Crippen LogP contribution in [0.5, 0.6) is 0 Å². The number of alkyl halides is 1. The van der Waals surface area contributed by atoms with E-state index >= 15 is 0 Å². The van der Waals surface area contributed by atoms with Gasteiger partial charge in [-0.25, -0.2) is 0 Å². The lowest BCUT2D eigenvalue weighted by molar-refractivity contribution is -0.174. The highest BCUT2D eigenvalue weighted by Gasteiger charge is 2.60. The van der Waals surface area contributed by atoms with Crippen molar-refractivity contribution in [3.05, 3.63) is 0 Å². The van der Waals surface area contributed by atoms with E-state index in [4.69, 9.17) is 14.9 Å². The molecule has 1 fully saturated rings. The number of carbonyl (C=O) groups excluding carboxylic acids is 1. The number of hydrogen-bond acceptors (Lipinski definition) is 4. The molecule has 0 aromatic heterocycles. The van der Waals surface area contributed by atoms with Gasteiger partial charge in [0, 0.05) is 12.0 Å². The summed E-state index contributed by atoms with van der Waals surface area (Å²) in [5.41, 5.74) is 0. The minimum Gasteiger partial charge on any atom is -0.481 e. The molecule has 8 heteroatoms. The van der Waals surface area contributed by atoms with Crippen LogP contribution >= 0.6 is 22.6 Å². The Morgan fingerprint density at radius 1 is 1.05 bits per heavy atom. The monoisotopic (exact) mass is 414 g/mol. The Labute approximate surface area is 132 Å². The van der Waals surface area contributed by atoms with Gasteiger partial charge < -0.3 is 14.9 Å². The van der Waals surface area contributed by atoms with Gasteiger partial charge in [0.15, 0.2) is 0 Å². The lowest BCUT2D eigenvalue weighted by Gasteiger charge is -2.42. The van der Waals surface area contributed by atoms with E-state index < -0.39 is 47.7 Å². The second-order valence-electron chi connectivity index (χ2n) is 6.18. The first-order chi connectivity index (χ1) is 9.06. The van der Waals surface area contributed by atoms with Crippen molar-refractivity contribution in [1.29, 1.82) is 0 Å². The molecule has 0 bridgehead atoms. The highest BCUT2D eigenvalue weighted by molar-refractivity contribution is 14.1. The first kappa shape index (κ1) is 17.4. The number of aliphatic carboxylic acids is 2. The van der Waals surface area contributed by atoms with Crippen LogP contribution in [0.25, 0.3) is 0 Å². The van der Waals surface area contributed by atoms with Gasteiger partial charge in [-0.2, -0.15) is 0 Å². The summed E-state index contributed by atoms with van der Waals surface area (Å²) in [5.74, 6) is -6.10. The van der Waals surface area contributed by atoms with Crippen LogP contribution in [0, 0.1) is 17.8 Å². The quantitative estimate of drug-likeness (QED) is 0.297. The summed E-state index contributed by atoms with van der Waals surface area (Å²) in [6.07, 6.45) is 0. The molecule has 20 heavy (non-hydrogen) atoms. The third kappa shape index (κ3) is 3.93. The Bertz CT molecular complexity index is 419. The van der Waals surface area contributed by atoms with E-state index in [-0.39, 0.29) is 6.61 Å². The standard InChI is InChI=1S/C12H19IO6Si/c1-20(2,3)5-4-19-12(18)8-6(10(14)15)7(9(8)13)11(16)17/h6-9H,4-5H2,1-3H3,(H,14,15)(H,16,17). The fraction of sp³-hybridized carbons (Fsp3) is 0.750. The van der Waals surface area contributed by atoms with E-state index in [9.17, 15) is 14.4 Å². The molecule has 0 heterocycles. The molecule has 0 amide bonds. The van der Waals surface area contributed by atoms with Crippen molar-refractivity contribution < 1.29 is 29.3 Å². The normalized spacial score (nSPS) is 29.4. The van der Waals surface area contributed by atoms with Gasteiger partial charge >= 0.3 is 17.9 Å². The van der Waals surface area contributed by atoms with E-state index in [1.54, 1.807) is 0 Å². The second-order valence-corrected chi connectivity index (χ2v) is 13.2. The minimum absolute atomic E-state index is 0.276. The number of carboxylic acid groups (broad SMARTS) is 2. The van der Waals surface area contributed by atoms with Crippen LogP contribution in [0.1, 0.15) is 0 Å². The van der Waals surface area contributed by atoms with Crippen molar-refractivity contribution in [2.24, 2.45) is 17.8 Å². The molecule has 1 rings (SSSR count). The fourth-order valence-corrected chi connectivity index (χ4v) is 4.34. The number of halogens is 1. The Morgan fingerprint density at radius 2 is 1.55 bits per heavy atom. The maximum atomic E-state index is 11.9. The van der Waals surface area contributed by atoms with Crippen molar-refractivity contribution in [3.8, 4) is 0 Å². The zero-order chi connectivity index (χ0) is 15.7. The van der Waals surface area contributed by atoms with Gasteiger partial charge in [-0.3, -0.25) is 14.4 Å². The van der Waals surface area contributed by atoms with E-state index in [0.717, 1.165) is 6.04 Å². The molecule has 1 aliphatic carbocycles. The second kappa shape index (κ2) is 6.42. The van der Waals surface area contributed by atoms with Crippen molar-refractivity contribution in [3.63, 3.8) is 0 Å². The lowest BCUT2D eigenvalue weighted by atomic mass is 9.64. The number of ether oxygens (including phenoxy) is 1. The highest BCUT2D eigenvalue weighted by atomic mass is 127. The summed E-state index contributed by atoms with van der Waals surface area (Å²) in [4.78, 5) is 34.1. The molecule has 4 unspecified atom stereocenters. The highest BCUT2D eigenvalue weighted by Crippen LogP contribution is 2.47. The first-order valence-corrected chi connectivity index (χ1v) is 11.3. The average Bonchev–Trinajstić information content (AvgIpc) is 2.22. The largest absolute Gasteiger partial charge is 0.481 e. The van der Waals surface area contributed by atoms with Crippen LogP contribution in [-0.2, 0) is 19.1 Å². The molecule has 6 nitrogen and oxygen atoms in total. The Kier molecular flexibility index (Phi) is 5.59. The molecule has 4 atom stereocenters. The Morgan fingerprint density at radius 3 is 1.95 bits per heavy atom. The third-order valence-electron chi connectivity index (χ3n) is 3.40. The van der Waals surface area contributed by atoms with Crippen molar-refractivity contribution in [1.82, 2.24) is 0 Å². The van der Waals surface area contributed by atoms with Gasteiger partial charge in [0.25, 0.3) is 0 Å². The van der Waals surface area contributed by atoms with E-state index in [1.165, 1.54) is 0 Å². The van der Waals surface area contributed by atoms with Gasteiger partial charge in [0.2, 0.25) is 0 Å². The molecule has 1 aliphatic rings. The van der Waals surface area contributed by atoms with E-state index in [1.807, 2.05) is 22.6 Å². The predicted octanol–water partition coefficient (Wildman–Crippen LogP) is 1.70. The number of hydrogen-bond donors (Lipinski definition) is 2. The summed E-state index contributed by atoms with van der Waals surface area (Å²) in [7, 11) is -1.33. The average molecular weight is 414 g/mol. The summed E-state index contributed by atoms with van der Waals surface area (Å²) < 4.78 is 4.60. The SMILES string of the molecule is C[Si](C)(C)CCOC(=O)C1C(I)C(C(=O)O)C1C(=O)O. The third-order valence-corrected chi connectivity index (χ3v) is 6.65. The van der Waals surface area contributed by atoms with Crippen LogP contribution in [-0.4, -0.2) is 46.7 Å². The fourth-order valence-electron chi connectivity index (χ4n) is 2.13. The molecule has 1 saturated carbocycles. The molecule has 0 aromatic carbocycles. The zero-order valence-corrected chi connectivity index (χ0v) is 14.8. The zero-order valence-electron chi connectivity index (χ0n) is 11.6. The first-order valence-electron chi connectivity index (χ1n) is 6.32. The number of carbonyl (C=O) groups is 3. The predicted molar refractivity (Wildman–Crippen MR) is 82.7 cm³/mol. The van der Waals surface area contributed by atoms with E-state index in [2.05, 4.69) is 19.6 Å². The smallest absolute Gasteiger partial charge is 0.310 e. The summed E-state index contributed by atoms with van der Waals surface area (Å²) >= 11 is 1.83. The number of esters is 1. The molecule has 0 saturated heterocycles. The Hall–Kier alpha value is -0.643. The maximum Gasteiger partial charge on any atom is 0.310 e. The summed E-state index contributed by atoms with van der Waals surface area (Å²) in [6, 6.07) is 0.803. The van der Waals surface area contributed by atoms with Gasteiger partial charge in [-0.05, 0) is 6.04 Å². The maximum absolute atomic E-state index is 11.9. The van der Waals surface area contributed by atoms with Gasteiger partial charge in [0.05, 0.1) is 24.4 Å². The molecule has 0 spiro atoms. The van der Waals surface area contributed by atoms with Crippen molar-refractivity contribution in [2.45, 2.75) is 29.6 Å². The topological polar surface area (TPSA) is 101 Å². The summed E-state index contributed by atoms with van der Waals surface area (Å²) in [6.45, 7) is 6.71. The van der Waals surface area contributed by atoms with Crippen LogP contribution in [0.3, 0.4) is 0 Å². The van der Waals surface area contributed by atoms with Crippen LogP contribution < -0.4 is 0 Å².